The Hall–Kier alpha value is -0.900. The molecule has 2 nitrogen and oxygen atoms in total. The second kappa shape index (κ2) is 4.75. The van der Waals surface area contributed by atoms with Crippen molar-refractivity contribution in [3.05, 3.63) is 40.5 Å². The zero-order valence-corrected chi connectivity index (χ0v) is 9.90. The van der Waals surface area contributed by atoms with Crippen LogP contribution >= 0.6 is 22.9 Å². The topological polar surface area (TPSA) is 24.9 Å². The number of thiazole rings is 1. The second-order valence-electron chi connectivity index (χ2n) is 3.17. The Labute approximate surface area is 97.9 Å². The molecule has 0 atom stereocenters. The van der Waals surface area contributed by atoms with E-state index in [0.29, 0.717) is 0 Å². The molecule has 15 heavy (non-hydrogen) atoms. The van der Waals surface area contributed by atoms with E-state index in [4.69, 9.17) is 11.6 Å². The average Bonchev–Trinajstić information content (AvgIpc) is 2.66. The summed E-state index contributed by atoms with van der Waals surface area (Å²) in [6.07, 6.45) is 0. The predicted molar refractivity (Wildman–Crippen MR) is 65.3 cm³/mol. The minimum absolute atomic E-state index is 0.760. The van der Waals surface area contributed by atoms with Crippen LogP contribution in [0.15, 0.2) is 29.8 Å². The van der Waals surface area contributed by atoms with Gasteiger partial charge in [-0.25, -0.2) is 4.98 Å². The van der Waals surface area contributed by atoms with Gasteiger partial charge in [0, 0.05) is 11.6 Å². The van der Waals surface area contributed by atoms with Gasteiger partial charge in [-0.3, -0.25) is 0 Å². The SMILES string of the molecule is CNCc1ncsc1-c1cccc(Cl)c1. The van der Waals surface area contributed by atoms with Crippen molar-refractivity contribution in [2.24, 2.45) is 0 Å². The van der Waals surface area contributed by atoms with Crippen LogP contribution in [-0.2, 0) is 6.54 Å². The predicted octanol–water partition coefficient (Wildman–Crippen LogP) is 3.18. The molecule has 0 aliphatic carbocycles. The molecule has 0 bridgehead atoms. The van der Waals surface area contributed by atoms with E-state index in [9.17, 15) is 0 Å². The van der Waals surface area contributed by atoms with Crippen molar-refractivity contribution in [3.8, 4) is 10.4 Å². The number of nitrogens with one attached hydrogen (secondary N) is 1. The number of benzene rings is 1. The molecule has 0 spiro atoms. The molecule has 1 aromatic carbocycles. The van der Waals surface area contributed by atoms with E-state index < -0.39 is 0 Å². The van der Waals surface area contributed by atoms with Crippen LogP contribution in [0, 0.1) is 0 Å². The van der Waals surface area contributed by atoms with Crippen molar-refractivity contribution in [3.63, 3.8) is 0 Å². The molecule has 4 heteroatoms. The van der Waals surface area contributed by atoms with E-state index in [1.165, 1.54) is 4.88 Å². The van der Waals surface area contributed by atoms with Crippen LogP contribution in [0.3, 0.4) is 0 Å². The molecule has 1 aromatic heterocycles. The van der Waals surface area contributed by atoms with E-state index in [1.54, 1.807) is 11.3 Å². The molecule has 2 rings (SSSR count). The average molecular weight is 239 g/mol. The van der Waals surface area contributed by atoms with Gasteiger partial charge in [-0.1, -0.05) is 23.7 Å². The number of rotatable bonds is 3. The summed E-state index contributed by atoms with van der Waals surface area (Å²) in [6, 6.07) is 7.86. The lowest BCUT2D eigenvalue weighted by Crippen LogP contribution is -2.06. The van der Waals surface area contributed by atoms with Gasteiger partial charge in [0.05, 0.1) is 16.1 Å². The van der Waals surface area contributed by atoms with Crippen LogP contribution in [0.1, 0.15) is 5.69 Å². The van der Waals surface area contributed by atoms with Gasteiger partial charge in [-0.15, -0.1) is 11.3 Å². The standard InChI is InChI=1S/C11H11ClN2S/c1-13-6-10-11(15-7-14-10)8-3-2-4-9(12)5-8/h2-5,7,13H,6H2,1H3. The molecule has 0 unspecified atom stereocenters. The summed E-state index contributed by atoms with van der Waals surface area (Å²) in [7, 11) is 1.92. The first-order valence-electron chi connectivity index (χ1n) is 4.64. The molecular formula is C11H11ClN2S. The zero-order valence-electron chi connectivity index (χ0n) is 8.33. The van der Waals surface area contributed by atoms with Crippen molar-refractivity contribution >= 4 is 22.9 Å². The molecule has 2 aromatic rings. The lowest BCUT2D eigenvalue weighted by molar-refractivity contribution is 0.799. The minimum Gasteiger partial charge on any atom is -0.314 e. The Bertz CT molecular complexity index is 453. The van der Waals surface area contributed by atoms with Gasteiger partial charge in [0.2, 0.25) is 0 Å². The molecule has 1 N–H and O–H groups in total. The van der Waals surface area contributed by atoms with Gasteiger partial charge in [-0.2, -0.15) is 0 Å². The number of halogens is 1. The molecular weight excluding hydrogens is 228 g/mol. The maximum Gasteiger partial charge on any atom is 0.0802 e. The third kappa shape index (κ3) is 2.37. The highest BCUT2D eigenvalue weighted by Gasteiger charge is 2.07. The smallest absolute Gasteiger partial charge is 0.0802 e. The first-order chi connectivity index (χ1) is 7.31. The molecule has 0 aliphatic heterocycles. The summed E-state index contributed by atoms with van der Waals surface area (Å²) in [6.45, 7) is 0.783. The van der Waals surface area contributed by atoms with Gasteiger partial charge < -0.3 is 5.32 Å². The van der Waals surface area contributed by atoms with Crippen LogP contribution in [0.5, 0.6) is 0 Å². The fourth-order valence-corrected chi connectivity index (χ4v) is 2.43. The highest BCUT2D eigenvalue weighted by Crippen LogP contribution is 2.29. The molecule has 0 aliphatic rings. The summed E-state index contributed by atoms with van der Waals surface area (Å²) in [5, 5.41) is 3.87. The molecule has 0 radical (unpaired) electrons. The number of hydrogen-bond donors (Lipinski definition) is 1. The Balaban J connectivity index is 2.40. The summed E-state index contributed by atoms with van der Waals surface area (Å²) >= 11 is 7.60. The summed E-state index contributed by atoms with van der Waals surface area (Å²) < 4.78 is 0. The van der Waals surface area contributed by atoms with Gasteiger partial charge in [0.25, 0.3) is 0 Å². The Morgan fingerprint density at radius 2 is 2.33 bits per heavy atom. The van der Waals surface area contributed by atoms with Crippen LogP contribution in [0.2, 0.25) is 5.02 Å². The fourth-order valence-electron chi connectivity index (χ4n) is 1.43. The summed E-state index contributed by atoms with van der Waals surface area (Å²) in [4.78, 5) is 5.51. The quantitative estimate of drug-likeness (QED) is 0.889. The van der Waals surface area contributed by atoms with E-state index in [-0.39, 0.29) is 0 Å². The van der Waals surface area contributed by atoms with E-state index in [0.717, 1.165) is 22.8 Å². The molecule has 1 heterocycles. The van der Waals surface area contributed by atoms with Crippen molar-refractivity contribution in [2.45, 2.75) is 6.54 Å². The second-order valence-corrected chi connectivity index (χ2v) is 4.46. The van der Waals surface area contributed by atoms with Crippen molar-refractivity contribution in [1.29, 1.82) is 0 Å². The molecule has 78 valence electrons. The largest absolute Gasteiger partial charge is 0.314 e. The van der Waals surface area contributed by atoms with Crippen LogP contribution in [0.4, 0.5) is 0 Å². The third-order valence-corrected chi connectivity index (χ3v) is 3.23. The van der Waals surface area contributed by atoms with Crippen molar-refractivity contribution < 1.29 is 0 Å². The monoisotopic (exact) mass is 238 g/mol. The van der Waals surface area contributed by atoms with Crippen LogP contribution in [-0.4, -0.2) is 12.0 Å². The van der Waals surface area contributed by atoms with Gasteiger partial charge in [0.15, 0.2) is 0 Å². The lowest BCUT2D eigenvalue weighted by Gasteiger charge is -2.02. The molecule has 0 fully saturated rings. The maximum atomic E-state index is 5.96. The van der Waals surface area contributed by atoms with Crippen molar-refractivity contribution in [1.82, 2.24) is 10.3 Å². The lowest BCUT2D eigenvalue weighted by atomic mass is 10.1. The van der Waals surface area contributed by atoms with E-state index in [2.05, 4.69) is 16.4 Å². The van der Waals surface area contributed by atoms with Gasteiger partial charge in [0.1, 0.15) is 0 Å². The van der Waals surface area contributed by atoms with E-state index in [1.807, 2.05) is 30.8 Å². The number of nitrogens with zero attached hydrogens (tertiary/aromatic N) is 1. The number of aromatic nitrogens is 1. The highest BCUT2D eigenvalue weighted by atomic mass is 35.5. The Morgan fingerprint density at radius 3 is 3.07 bits per heavy atom. The van der Waals surface area contributed by atoms with Gasteiger partial charge in [-0.05, 0) is 24.7 Å². The van der Waals surface area contributed by atoms with Crippen LogP contribution < -0.4 is 5.32 Å². The van der Waals surface area contributed by atoms with Crippen molar-refractivity contribution in [2.75, 3.05) is 7.05 Å². The normalized spacial score (nSPS) is 10.5. The third-order valence-electron chi connectivity index (χ3n) is 2.07. The fraction of sp³-hybridized carbons (Fsp3) is 0.182. The summed E-state index contributed by atoms with van der Waals surface area (Å²) in [5.41, 5.74) is 4.07. The van der Waals surface area contributed by atoms with E-state index >= 15 is 0 Å². The van der Waals surface area contributed by atoms with Gasteiger partial charge >= 0.3 is 0 Å². The maximum absolute atomic E-state index is 5.96. The highest BCUT2D eigenvalue weighted by molar-refractivity contribution is 7.13. The first-order valence-corrected chi connectivity index (χ1v) is 5.90. The van der Waals surface area contributed by atoms with Crippen LogP contribution in [0.25, 0.3) is 10.4 Å². The minimum atomic E-state index is 0.760. The molecule has 0 amide bonds. The Kier molecular flexibility index (Phi) is 3.36. The molecule has 0 saturated heterocycles. The summed E-state index contributed by atoms with van der Waals surface area (Å²) in [5.74, 6) is 0. The first kappa shape index (κ1) is 10.6. The zero-order chi connectivity index (χ0) is 10.7. The molecule has 0 saturated carbocycles. The Morgan fingerprint density at radius 1 is 1.47 bits per heavy atom. The number of hydrogen-bond acceptors (Lipinski definition) is 3.